The number of Topliss-reactive ketones (excluding diaryl/α,β-unsaturated/α-hetero) is 1. The number of rotatable bonds is 2. The number of benzene rings is 1. The number of hydrogen-bond donors (Lipinski definition) is 2. The molecule has 0 saturated carbocycles. The maximum atomic E-state index is 11.5. The summed E-state index contributed by atoms with van der Waals surface area (Å²) in [5.74, 6) is 0.333. The molecular formula is C10H10BrNO4. The molecule has 0 unspecified atom stereocenters. The largest absolute Gasteiger partial charge is 0.506 e. The molecule has 0 amide bonds. The second kappa shape index (κ2) is 4.31. The molecule has 1 aliphatic heterocycles. The number of nitrogens with two attached hydrogens (primary N) is 1. The van der Waals surface area contributed by atoms with Crippen LogP contribution in [0.5, 0.6) is 17.2 Å². The normalized spacial score (nSPS) is 13.6. The lowest BCUT2D eigenvalue weighted by molar-refractivity contribution is 0.0997. The molecule has 16 heavy (non-hydrogen) atoms. The van der Waals surface area contributed by atoms with Crippen molar-refractivity contribution < 1.29 is 19.4 Å². The SMILES string of the molecule is NCC(=O)c1cc2c(c(Br)c1O)OCCO2. The number of hydrogen-bond acceptors (Lipinski definition) is 5. The van der Waals surface area contributed by atoms with Gasteiger partial charge in [-0.25, -0.2) is 0 Å². The highest BCUT2D eigenvalue weighted by molar-refractivity contribution is 9.10. The zero-order valence-electron chi connectivity index (χ0n) is 8.33. The van der Waals surface area contributed by atoms with E-state index in [2.05, 4.69) is 15.9 Å². The summed E-state index contributed by atoms with van der Waals surface area (Å²) in [7, 11) is 0. The van der Waals surface area contributed by atoms with E-state index in [1.54, 1.807) is 0 Å². The van der Waals surface area contributed by atoms with Crippen LogP contribution in [0.2, 0.25) is 0 Å². The Hall–Kier alpha value is -1.27. The third kappa shape index (κ3) is 1.74. The highest BCUT2D eigenvalue weighted by atomic mass is 79.9. The number of fused-ring (bicyclic) bond motifs is 1. The van der Waals surface area contributed by atoms with Gasteiger partial charge in [-0.15, -0.1) is 0 Å². The summed E-state index contributed by atoms with van der Waals surface area (Å²) in [6.07, 6.45) is 0. The van der Waals surface area contributed by atoms with Gasteiger partial charge in [0.05, 0.1) is 12.1 Å². The molecule has 6 heteroatoms. The van der Waals surface area contributed by atoms with E-state index in [1.807, 2.05) is 0 Å². The summed E-state index contributed by atoms with van der Waals surface area (Å²) in [6.45, 7) is 0.662. The summed E-state index contributed by atoms with van der Waals surface area (Å²) in [6, 6.07) is 1.45. The van der Waals surface area contributed by atoms with Crippen LogP contribution in [0.4, 0.5) is 0 Å². The van der Waals surface area contributed by atoms with E-state index in [4.69, 9.17) is 15.2 Å². The molecule has 0 radical (unpaired) electrons. The number of carbonyl (C=O) groups excluding carboxylic acids is 1. The Balaban J connectivity index is 2.57. The molecule has 5 nitrogen and oxygen atoms in total. The number of halogens is 1. The molecule has 1 aliphatic rings. The molecule has 0 atom stereocenters. The van der Waals surface area contributed by atoms with Gasteiger partial charge in [0.2, 0.25) is 0 Å². The van der Waals surface area contributed by atoms with Crippen LogP contribution in [0.3, 0.4) is 0 Å². The smallest absolute Gasteiger partial charge is 0.180 e. The minimum absolute atomic E-state index is 0.138. The van der Waals surface area contributed by atoms with E-state index in [0.717, 1.165) is 0 Å². The molecule has 2 rings (SSSR count). The van der Waals surface area contributed by atoms with Crippen LogP contribution in [0.25, 0.3) is 0 Å². The highest BCUT2D eigenvalue weighted by Gasteiger charge is 2.23. The van der Waals surface area contributed by atoms with E-state index < -0.39 is 0 Å². The molecule has 0 spiro atoms. The summed E-state index contributed by atoms with van der Waals surface area (Å²) in [4.78, 5) is 11.5. The lowest BCUT2D eigenvalue weighted by Crippen LogP contribution is -2.18. The van der Waals surface area contributed by atoms with E-state index >= 15 is 0 Å². The van der Waals surface area contributed by atoms with Gasteiger partial charge in [0.15, 0.2) is 17.3 Å². The first-order valence-corrected chi connectivity index (χ1v) is 5.48. The number of aromatic hydroxyl groups is 1. The first-order valence-electron chi connectivity index (χ1n) is 4.69. The zero-order valence-corrected chi connectivity index (χ0v) is 9.91. The van der Waals surface area contributed by atoms with Crippen molar-refractivity contribution in [2.45, 2.75) is 0 Å². The van der Waals surface area contributed by atoms with Gasteiger partial charge in [0.1, 0.15) is 23.4 Å². The quantitative estimate of drug-likeness (QED) is 0.795. The lowest BCUT2D eigenvalue weighted by atomic mass is 10.1. The summed E-state index contributed by atoms with van der Waals surface area (Å²) in [5, 5.41) is 9.80. The van der Waals surface area contributed by atoms with E-state index in [-0.39, 0.29) is 23.6 Å². The van der Waals surface area contributed by atoms with Gasteiger partial charge in [-0.3, -0.25) is 4.79 Å². The van der Waals surface area contributed by atoms with E-state index in [9.17, 15) is 9.90 Å². The number of phenolic OH excluding ortho intramolecular Hbond substituents is 1. The minimum atomic E-state index is -0.352. The fraction of sp³-hybridized carbons (Fsp3) is 0.300. The van der Waals surface area contributed by atoms with Crippen LogP contribution in [0, 0.1) is 0 Å². The van der Waals surface area contributed by atoms with Gasteiger partial charge in [0, 0.05) is 0 Å². The first kappa shape index (κ1) is 11.2. The third-order valence-corrected chi connectivity index (χ3v) is 2.97. The van der Waals surface area contributed by atoms with Crippen molar-refractivity contribution in [2.75, 3.05) is 19.8 Å². The van der Waals surface area contributed by atoms with Crippen molar-refractivity contribution in [3.8, 4) is 17.2 Å². The zero-order chi connectivity index (χ0) is 11.7. The van der Waals surface area contributed by atoms with Gasteiger partial charge in [-0.1, -0.05) is 0 Å². The first-order chi connectivity index (χ1) is 7.65. The van der Waals surface area contributed by atoms with Gasteiger partial charge < -0.3 is 20.3 Å². The molecule has 1 heterocycles. The minimum Gasteiger partial charge on any atom is -0.506 e. The van der Waals surface area contributed by atoms with Crippen molar-refractivity contribution in [1.29, 1.82) is 0 Å². The average molecular weight is 288 g/mol. The predicted octanol–water partition coefficient (Wildman–Crippen LogP) is 1.07. The van der Waals surface area contributed by atoms with Gasteiger partial charge >= 0.3 is 0 Å². The van der Waals surface area contributed by atoms with Crippen LogP contribution in [0.1, 0.15) is 10.4 Å². The average Bonchev–Trinajstić information content (AvgIpc) is 2.33. The van der Waals surface area contributed by atoms with Gasteiger partial charge in [0.25, 0.3) is 0 Å². The van der Waals surface area contributed by atoms with Crippen LogP contribution in [-0.4, -0.2) is 30.6 Å². The fourth-order valence-electron chi connectivity index (χ4n) is 1.46. The number of ketones is 1. The summed E-state index contributed by atoms with van der Waals surface area (Å²) >= 11 is 3.17. The topological polar surface area (TPSA) is 81.8 Å². The van der Waals surface area contributed by atoms with Crippen LogP contribution < -0.4 is 15.2 Å². The van der Waals surface area contributed by atoms with Crippen molar-refractivity contribution in [3.05, 3.63) is 16.1 Å². The molecule has 0 fully saturated rings. The van der Waals surface area contributed by atoms with Crippen molar-refractivity contribution in [3.63, 3.8) is 0 Å². The predicted molar refractivity (Wildman–Crippen MR) is 60.2 cm³/mol. The Morgan fingerprint density at radius 2 is 2.19 bits per heavy atom. The third-order valence-electron chi connectivity index (χ3n) is 2.23. The van der Waals surface area contributed by atoms with Gasteiger partial charge in [-0.05, 0) is 22.0 Å². The maximum absolute atomic E-state index is 11.5. The standard InChI is InChI=1S/C10H10BrNO4/c11-8-9(14)5(6(13)4-12)3-7-10(8)16-2-1-15-7/h3,14H,1-2,4,12H2. The molecular weight excluding hydrogens is 278 g/mol. The molecule has 0 aliphatic carbocycles. The molecule has 0 bridgehead atoms. The highest BCUT2D eigenvalue weighted by Crippen LogP contribution is 2.45. The van der Waals surface area contributed by atoms with Crippen molar-refractivity contribution in [1.82, 2.24) is 0 Å². The summed E-state index contributed by atoms with van der Waals surface area (Å²) < 4.78 is 11.0. The van der Waals surface area contributed by atoms with Gasteiger partial charge in [-0.2, -0.15) is 0 Å². The maximum Gasteiger partial charge on any atom is 0.180 e. The second-order valence-electron chi connectivity index (χ2n) is 3.24. The Bertz CT molecular complexity index is 447. The monoisotopic (exact) mass is 287 g/mol. The second-order valence-corrected chi connectivity index (χ2v) is 4.03. The Kier molecular flexibility index (Phi) is 3.02. The van der Waals surface area contributed by atoms with Crippen LogP contribution in [-0.2, 0) is 0 Å². The Morgan fingerprint density at radius 1 is 1.50 bits per heavy atom. The van der Waals surface area contributed by atoms with E-state index in [1.165, 1.54) is 6.07 Å². The number of carbonyl (C=O) groups is 1. The Labute approximate surface area is 100 Å². The van der Waals surface area contributed by atoms with E-state index in [0.29, 0.717) is 29.2 Å². The molecule has 3 N–H and O–H groups in total. The Morgan fingerprint density at radius 3 is 2.88 bits per heavy atom. The lowest BCUT2D eigenvalue weighted by Gasteiger charge is -2.21. The molecule has 0 saturated heterocycles. The molecule has 0 aromatic heterocycles. The van der Waals surface area contributed by atoms with Crippen LogP contribution >= 0.6 is 15.9 Å². The molecule has 1 aromatic carbocycles. The molecule has 86 valence electrons. The summed E-state index contributed by atoms with van der Waals surface area (Å²) in [5.41, 5.74) is 5.39. The van der Waals surface area contributed by atoms with Crippen molar-refractivity contribution >= 4 is 21.7 Å². The van der Waals surface area contributed by atoms with Crippen LogP contribution in [0.15, 0.2) is 10.5 Å². The van der Waals surface area contributed by atoms with Crippen molar-refractivity contribution in [2.24, 2.45) is 5.73 Å². The number of ether oxygens (including phenoxy) is 2. The number of phenols is 1. The fourth-order valence-corrected chi connectivity index (χ4v) is 1.98. The molecule has 1 aromatic rings.